The first-order valence-electron chi connectivity index (χ1n) is 9.14. The zero-order valence-electron chi connectivity index (χ0n) is 15.0. The molecule has 2 bridgehead atoms. The Morgan fingerprint density at radius 1 is 0.962 bits per heavy atom. The Hall–Kier alpha value is -1.98. The van der Waals surface area contributed by atoms with Crippen LogP contribution in [0.4, 0.5) is 5.82 Å². The van der Waals surface area contributed by atoms with Gasteiger partial charge in [0, 0.05) is 36.4 Å². The summed E-state index contributed by atoms with van der Waals surface area (Å²) >= 11 is 1.78. The molecule has 2 unspecified atom stereocenters. The lowest BCUT2D eigenvalue weighted by Crippen LogP contribution is -2.35. The highest BCUT2D eigenvalue weighted by molar-refractivity contribution is 7.17. The molecule has 0 aliphatic carbocycles. The van der Waals surface area contributed by atoms with Gasteiger partial charge in [-0.25, -0.2) is 0 Å². The van der Waals surface area contributed by atoms with Gasteiger partial charge in [0.15, 0.2) is 5.82 Å². The molecule has 2 saturated heterocycles. The molecule has 2 atom stereocenters. The Bertz CT molecular complexity index is 873. The summed E-state index contributed by atoms with van der Waals surface area (Å²) in [5.74, 6) is 1.80. The summed E-state index contributed by atoms with van der Waals surface area (Å²) in [5.41, 5.74) is 2.09. The van der Waals surface area contributed by atoms with Crippen LogP contribution in [0.1, 0.15) is 12.8 Å². The van der Waals surface area contributed by atoms with Crippen LogP contribution < -0.4 is 4.90 Å². The summed E-state index contributed by atoms with van der Waals surface area (Å²) < 4.78 is 1.32. The van der Waals surface area contributed by atoms with Gasteiger partial charge in [-0.2, -0.15) is 0 Å². The molecule has 1 aromatic carbocycles. The molecule has 5 heteroatoms. The van der Waals surface area contributed by atoms with E-state index in [1.807, 2.05) is 0 Å². The van der Waals surface area contributed by atoms with Crippen molar-refractivity contribution in [3.63, 3.8) is 0 Å². The van der Waals surface area contributed by atoms with Crippen molar-refractivity contribution in [2.24, 2.45) is 5.92 Å². The lowest BCUT2D eigenvalue weighted by Gasteiger charge is -2.29. The summed E-state index contributed by atoms with van der Waals surface area (Å²) in [6.45, 7) is 5.84. The number of hydrogen-bond donors (Lipinski definition) is 0. The zero-order chi connectivity index (χ0) is 16.6. The van der Waals surface area contributed by atoms with Crippen molar-refractivity contribution in [1.82, 2.24) is 15.1 Å². The van der Waals surface area contributed by atoms with Crippen LogP contribution in [-0.4, -0.2) is 47.8 Å². The Labute approximate surface area is 159 Å². The van der Waals surface area contributed by atoms with E-state index in [1.165, 1.54) is 36.0 Å². The monoisotopic (exact) mass is 364 g/mol. The van der Waals surface area contributed by atoms with E-state index in [0.29, 0.717) is 0 Å². The second kappa shape index (κ2) is 7.33. The molecule has 5 rings (SSSR count). The highest BCUT2D eigenvalue weighted by Crippen LogP contribution is 2.28. The van der Waals surface area contributed by atoms with Crippen molar-refractivity contribution in [3.05, 3.63) is 49.2 Å². The van der Waals surface area contributed by atoms with Crippen LogP contribution in [0.2, 0.25) is 0 Å². The molecule has 2 aromatic heterocycles. The van der Waals surface area contributed by atoms with Crippen molar-refractivity contribution < 1.29 is 0 Å². The van der Waals surface area contributed by atoms with Crippen LogP contribution in [0, 0.1) is 13.3 Å². The second-order valence-electron chi connectivity index (χ2n) is 7.20. The third-order valence-corrected chi connectivity index (χ3v) is 6.39. The first kappa shape index (κ1) is 17.4. The van der Waals surface area contributed by atoms with Gasteiger partial charge >= 0.3 is 0 Å². The van der Waals surface area contributed by atoms with Crippen LogP contribution in [0.3, 0.4) is 0 Å². The number of anilines is 1. The number of benzene rings is 1. The van der Waals surface area contributed by atoms with E-state index in [2.05, 4.69) is 61.8 Å². The molecule has 2 aliphatic rings. The smallest absolute Gasteiger partial charge is 0.151 e. The number of rotatable bonds is 2. The van der Waals surface area contributed by atoms with Gasteiger partial charge in [-0.05, 0) is 66.4 Å². The first-order chi connectivity index (χ1) is 12.3. The predicted molar refractivity (Wildman–Crippen MR) is 110 cm³/mol. The lowest BCUT2D eigenvalue weighted by atomic mass is 9.98. The van der Waals surface area contributed by atoms with E-state index in [-0.39, 0.29) is 7.43 Å². The van der Waals surface area contributed by atoms with Crippen molar-refractivity contribution in [1.29, 1.82) is 0 Å². The van der Waals surface area contributed by atoms with Crippen LogP contribution in [0.15, 0.2) is 41.8 Å². The quantitative estimate of drug-likeness (QED) is 0.682. The fourth-order valence-corrected chi connectivity index (χ4v) is 4.92. The normalized spacial score (nSPS) is 22.7. The Kier molecular flexibility index (Phi) is 4.92. The predicted octanol–water partition coefficient (Wildman–Crippen LogP) is 4.22. The average Bonchev–Trinajstić information content (AvgIpc) is 3.08. The minimum Gasteiger partial charge on any atom is -0.354 e. The summed E-state index contributed by atoms with van der Waals surface area (Å²) in [6.07, 6.45) is 2.69. The molecule has 2 radical (unpaired) electrons. The van der Waals surface area contributed by atoms with E-state index in [1.54, 1.807) is 11.3 Å². The number of hydrogen-bond acceptors (Lipinski definition) is 5. The first-order valence-corrected chi connectivity index (χ1v) is 10.0. The van der Waals surface area contributed by atoms with E-state index in [0.717, 1.165) is 42.6 Å². The van der Waals surface area contributed by atoms with E-state index in [9.17, 15) is 0 Å². The third-order valence-electron chi connectivity index (χ3n) is 5.49. The standard InChI is InChI=1S/C20H22N4S.CH2/c1-2-15-13-23(8-1)9-10-24(14-15)20-6-4-18(21-22-20)16-3-5-19-17(12-16)7-11-25-19;/h3-7,11-12,15H,1-2,8-10,13-14H2;1H2. The number of piperidine rings is 1. The van der Waals surface area contributed by atoms with Crippen LogP contribution >= 0.6 is 11.3 Å². The van der Waals surface area contributed by atoms with Gasteiger partial charge in [0.25, 0.3) is 0 Å². The lowest BCUT2D eigenvalue weighted by molar-refractivity contribution is 0.201. The van der Waals surface area contributed by atoms with Crippen LogP contribution in [-0.2, 0) is 0 Å². The van der Waals surface area contributed by atoms with Crippen molar-refractivity contribution >= 4 is 27.2 Å². The van der Waals surface area contributed by atoms with E-state index in [4.69, 9.17) is 0 Å². The molecule has 0 amide bonds. The van der Waals surface area contributed by atoms with Crippen molar-refractivity contribution in [2.45, 2.75) is 12.8 Å². The molecule has 26 heavy (non-hydrogen) atoms. The molecule has 2 aliphatic heterocycles. The average molecular weight is 365 g/mol. The molecular formula is C21H24N4S. The van der Waals surface area contributed by atoms with Crippen molar-refractivity contribution in [2.75, 3.05) is 37.6 Å². The molecule has 4 nitrogen and oxygen atoms in total. The summed E-state index contributed by atoms with van der Waals surface area (Å²) in [7, 11) is 0. The van der Waals surface area contributed by atoms with Gasteiger partial charge in [-0.15, -0.1) is 21.5 Å². The molecular weight excluding hydrogens is 340 g/mol. The third kappa shape index (κ3) is 3.33. The van der Waals surface area contributed by atoms with Crippen LogP contribution in [0.25, 0.3) is 21.3 Å². The van der Waals surface area contributed by atoms with E-state index >= 15 is 0 Å². The van der Waals surface area contributed by atoms with Gasteiger partial charge in [-0.1, -0.05) is 13.5 Å². The topological polar surface area (TPSA) is 32.3 Å². The maximum Gasteiger partial charge on any atom is 0.151 e. The van der Waals surface area contributed by atoms with E-state index < -0.39 is 0 Å². The fraction of sp³-hybridized carbons (Fsp3) is 0.381. The maximum atomic E-state index is 4.56. The minimum absolute atomic E-state index is 0. The number of thiophene rings is 1. The highest BCUT2D eigenvalue weighted by Gasteiger charge is 2.26. The number of nitrogens with zero attached hydrogens (tertiary/aromatic N) is 4. The second-order valence-corrected chi connectivity index (χ2v) is 8.15. The zero-order valence-corrected chi connectivity index (χ0v) is 15.8. The Morgan fingerprint density at radius 3 is 2.81 bits per heavy atom. The molecule has 0 spiro atoms. The largest absolute Gasteiger partial charge is 0.354 e. The molecule has 2 fully saturated rings. The maximum absolute atomic E-state index is 4.56. The Balaban J connectivity index is 0.00000168. The van der Waals surface area contributed by atoms with Gasteiger partial charge in [0.2, 0.25) is 0 Å². The molecule has 0 saturated carbocycles. The summed E-state index contributed by atoms with van der Waals surface area (Å²) in [4.78, 5) is 5.03. The van der Waals surface area contributed by atoms with Gasteiger partial charge in [-0.3, -0.25) is 0 Å². The molecule has 134 valence electrons. The molecule has 4 heterocycles. The summed E-state index contributed by atoms with van der Waals surface area (Å²) in [6, 6.07) is 12.9. The van der Waals surface area contributed by atoms with Gasteiger partial charge < -0.3 is 9.80 Å². The minimum atomic E-state index is 0. The molecule has 3 aromatic rings. The van der Waals surface area contributed by atoms with Gasteiger partial charge in [0.05, 0.1) is 5.69 Å². The van der Waals surface area contributed by atoms with Crippen molar-refractivity contribution in [3.8, 4) is 11.3 Å². The fourth-order valence-electron chi connectivity index (χ4n) is 4.15. The number of aromatic nitrogens is 2. The highest BCUT2D eigenvalue weighted by atomic mass is 32.1. The van der Waals surface area contributed by atoms with Crippen LogP contribution in [0.5, 0.6) is 0 Å². The van der Waals surface area contributed by atoms with Gasteiger partial charge in [0.1, 0.15) is 0 Å². The SMILES string of the molecule is [CH2].c1cc2cc(-c3ccc(N4CCN5CCCC(C5)C4)nn3)ccc2s1. The number of fused-ring (bicyclic) bond motifs is 3. The summed E-state index contributed by atoms with van der Waals surface area (Å²) in [5, 5.41) is 12.5. The molecule has 0 N–H and O–H groups in total. The Morgan fingerprint density at radius 2 is 1.92 bits per heavy atom.